The van der Waals surface area contributed by atoms with Crippen LogP contribution in [0, 0.1) is 0 Å². The van der Waals surface area contributed by atoms with Gasteiger partial charge in [0.25, 0.3) is 0 Å². The summed E-state index contributed by atoms with van der Waals surface area (Å²) in [6.45, 7) is 5.55. The van der Waals surface area contributed by atoms with Crippen LogP contribution in [-0.4, -0.2) is 28.5 Å². The van der Waals surface area contributed by atoms with Crippen LogP contribution < -0.4 is 5.73 Å². The molecular formula is C12H23N3O. The van der Waals surface area contributed by atoms with Crippen LogP contribution in [0.25, 0.3) is 0 Å². The first-order chi connectivity index (χ1) is 7.65. The fraction of sp³-hybridized carbons (Fsp3) is 0.750. The van der Waals surface area contributed by atoms with Crippen LogP contribution in [0.3, 0.4) is 0 Å². The molecule has 16 heavy (non-hydrogen) atoms. The largest absolute Gasteiger partial charge is 0.373 e. The summed E-state index contributed by atoms with van der Waals surface area (Å²) < 4.78 is 7.74. The van der Waals surface area contributed by atoms with Crippen LogP contribution in [-0.2, 0) is 18.2 Å². The number of nitrogens with two attached hydrogens (primary N) is 1. The maximum Gasteiger partial charge on any atom is 0.0799 e. The molecule has 1 heterocycles. The van der Waals surface area contributed by atoms with E-state index in [0.29, 0.717) is 13.2 Å². The standard InChI is InChI=1S/C12H23N3O/c1-4-12(5-2,10-13)16-7-6-11-8-14-15(3)9-11/h8-9H,4-7,10,13H2,1-3H3. The summed E-state index contributed by atoms with van der Waals surface area (Å²) in [5.74, 6) is 0. The van der Waals surface area contributed by atoms with Crippen molar-refractivity contribution in [3.05, 3.63) is 18.0 Å². The SMILES string of the molecule is CCC(CC)(CN)OCCc1cnn(C)c1. The lowest BCUT2D eigenvalue weighted by molar-refractivity contribution is -0.0428. The van der Waals surface area contributed by atoms with Gasteiger partial charge in [0.05, 0.1) is 18.4 Å². The number of aromatic nitrogens is 2. The summed E-state index contributed by atoms with van der Waals surface area (Å²) in [6.07, 6.45) is 6.73. The van der Waals surface area contributed by atoms with Crippen molar-refractivity contribution >= 4 is 0 Å². The first-order valence-corrected chi connectivity index (χ1v) is 5.97. The van der Waals surface area contributed by atoms with Crippen molar-refractivity contribution < 1.29 is 4.74 Å². The molecular weight excluding hydrogens is 202 g/mol. The van der Waals surface area contributed by atoms with Gasteiger partial charge < -0.3 is 10.5 Å². The average molecular weight is 225 g/mol. The predicted octanol–water partition coefficient (Wildman–Crippen LogP) is 1.50. The molecule has 0 unspecified atom stereocenters. The summed E-state index contributed by atoms with van der Waals surface area (Å²) in [5, 5.41) is 4.13. The van der Waals surface area contributed by atoms with Crippen molar-refractivity contribution in [2.24, 2.45) is 12.8 Å². The van der Waals surface area contributed by atoms with Gasteiger partial charge >= 0.3 is 0 Å². The molecule has 0 atom stereocenters. The van der Waals surface area contributed by atoms with E-state index in [4.69, 9.17) is 10.5 Å². The molecule has 0 aliphatic rings. The number of rotatable bonds is 7. The zero-order valence-electron chi connectivity index (χ0n) is 10.6. The van der Waals surface area contributed by atoms with Crippen molar-refractivity contribution in [3.63, 3.8) is 0 Å². The second kappa shape index (κ2) is 6.01. The van der Waals surface area contributed by atoms with Gasteiger partial charge in [-0.05, 0) is 24.8 Å². The molecule has 2 N–H and O–H groups in total. The highest BCUT2D eigenvalue weighted by Gasteiger charge is 2.24. The monoisotopic (exact) mass is 225 g/mol. The summed E-state index contributed by atoms with van der Waals surface area (Å²) >= 11 is 0. The Morgan fingerprint density at radius 1 is 1.44 bits per heavy atom. The second-order valence-electron chi connectivity index (χ2n) is 4.21. The Balaban J connectivity index is 2.39. The van der Waals surface area contributed by atoms with Crippen molar-refractivity contribution in [3.8, 4) is 0 Å². The molecule has 1 rings (SSSR count). The zero-order chi connectivity index (χ0) is 12.0. The third-order valence-corrected chi connectivity index (χ3v) is 3.22. The van der Waals surface area contributed by atoms with Gasteiger partial charge in [0, 0.05) is 19.8 Å². The summed E-state index contributed by atoms with van der Waals surface area (Å²) in [4.78, 5) is 0. The van der Waals surface area contributed by atoms with Crippen molar-refractivity contribution in [2.45, 2.75) is 38.7 Å². The minimum atomic E-state index is -0.137. The maximum atomic E-state index is 5.93. The summed E-state index contributed by atoms with van der Waals surface area (Å²) in [5.41, 5.74) is 6.84. The van der Waals surface area contributed by atoms with Crippen molar-refractivity contribution in [1.82, 2.24) is 9.78 Å². The van der Waals surface area contributed by atoms with Crippen LogP contribution >= 0.6 is 0 Å². The molecule has 0 aliphatic heterocycles. The first-order valence-electron chi connectivity index (χ1n) is 5.97. The summed E-state index contributed by atoms with van der Waals surface area (Å²) in [7, 11) is 1.92. The molecule has 1 aromatic heterocycles. The quantitative estimate of drug-likeness (QED) is 0.765. The van der Waals surface area contributed by atoms with E-state index in [1.165, 1.54) is 5.56 Å². The fourth-order valence-electron chi connectivity index (χ4n) is 1.79. The zero-order valence-corrected chi connectivity index (χ0v) is 10.6. The van der Waals surface area contributed by atoms with Gasteiger partial charge in [-0.1, -0.05) is 13.8 Å². The van der Waals surface area contributed by atoms with E-state index in [1.54, 1.807) is 0 Å². The van der Waals surface area contributed by atoms with Gasteiger partial charge in [-0.2, -0.15) is 5.10 Å². The molecule has 0 saturated carbocycles. The molecule has 0 spiro atoms. The molecule has 1 aromatic rings. The Kier molecular flexibility index (Phi) is 4.96. The Morgan fingerprint density at radius 2 is 2.12 bits per heavy atom. The lowest BCUT2D eigenvalue weighted by Gasteiger charge is -2.30. The Bertz CT molecular complexity index is 297. The Labute approximate surface area is 97.8 Å². The highest BCUT2D eigenvalue weighted by atomic mass is 16.5. The Morgan fingerprint density at radius 3 is 2.56 bits per heavy atom. The molecule has 0 radical (unpaired) electrons. The van der Waals surface area contributed by atoms with Gasteiger partial charge in [-0.3, -0.25) is 4.68 Å². The first kappa shape index (κ1) is 13.2. The number of aryl methyl sites for hydroxylation is 1. The molecule has 0 saturated heterocycles. The van der Waals surface area contributed by atoms with E-state index in [0.717, 1.165) is 19.3 Å². The van der Waals surface area contributed by atoms with E-state index < -0.39 is 0 Å². The minimum Gasteiger partial charge on any atom is -0.373 e. The number of hydrogen-bond donors (Lipinski definition) is 1. The van der Waals surface area contributed by atoms with Crippen molar-refractivity contribution in [1.29, 1.82) is 0 Å². The highest BCUT2D eigenvalue weighted by molar-refractivity contribution is 5.03. The smallest absolute Gasteiger partial charge is 0.0799 e. The van der Waals surface area contributed by atoms with E-state index in [2.05, 4.69) is 18.9 Å². The van der Waals surface area contributed by atoms with Crippen LogP contribution in [0.15, 0.2) is 12.4 Å². The second-order valence-corrected chi connectivity index (χ2v) is 4.21. The molecule has 0 aromatic carbocycles. The number of hydrogen-bond acceptors (Lipinski definition) is 3. The van der Waals surface area contributed by atoms with Crippen LogP contribution in [0.2, 0.25) is 0 Å². The average Bonchev–Trinajstić information content (AvgIpc) is 2.71. The van der Waals surface area contributed by atoms with Gasteiger partial charge in [-0.15, -0.1) is 0 Å². The van der Waals surface area contributed by atoms with Crippen molar-refractivity contribution in [2.75, 3.05) is 13.2 Å². The van der Waals surface area contributed by atoms with Gasteiger partial charge in [-0.25, -0.2) is 0 Å². The van der Waals surface area contributed by atoms with Gasteiger partial charge in [0.15, 0.2) is 0 Å². The van der Waals surface area contributed by atoms with Crippen LogP contribution in [0.1, 0.15) is 32.3 Å². The molecule has 0 aliphatic carbocycles. The third-order valence-electron chi connectivity index (χ3n) is 3.22. The molecule has 4 nitrogen and oxygen atoms in total. The van der Waals surface area contributed by atoms with Crippen LogP contribution in [0.5, 0.6) is 0 Å². The van der Waals surface area contributed by atoms with E-state index in [9.17, 15) is 0 Å². The summed E-state index contributed by atoms with van der Waals surface area (Å²) in [6, 6.07) is 0. The van der Waals surface area contributed by atoms with E-state index in [1.807, 2.05) is 24.1 Å². The van der Waals surface area contributed by atoms with Crippen LogP contribution in [0.4, 0.5) is 0 Å². The maximum absolute atomic E-state index is 5.93. The molecule has 0 bridgehead atoms. The van der Waals surface area contributed by atoms with E-state index in [-0.39, 0.29) is 5.60 Å². The lowest BCUT2D eigenvalue weighted by Crippen LogP contribution is -2.40. The van der Waals surface area contributed by atoms with Gasteiger partial charge in [0.1, 0.15) is 0 Å². The topological polar surface area (TPSA) is 53.1 Å². The third kappa shape index (κ3) is 3.32. The lowest BCUT2D eigenvalue weighted by atomic mass is 9.97. The Hall–Kier alpha value is -0.870. The highest BCUT2D eigenvalue weighted by Crippen LogP contribution is 2.19. The molecule has 92 valence electrons. The molecule has 4 heteroatoms. The predicted molar refractivity (Wildman–Crippen MR) is 65.2 cm³/mol. The number of ether oxygens (including phenoxy) is 1. The minimum absolute atomic E-state index is 0.137. The molecule has 0 fully saturated rings. The van der Waals surface area contributed by atoms with E-state index >= 15 is 0 Å². The van der Waals surface area contributed by atoms with Gasteiger partial charge in [0.2, 0.25) is 0 Å². The normalized spacial score (nSPS) is 12.0. The fourth-order valence-corrected chi connectivity index (χ4v) is 1.79. The molecule has 0 amide bonds. The number of nitrogens with zero attached hydrogens (tertiary/aromatic N) is 2.